The summed E-state index contributed by atoms with van der Waals surface area (Å²) >= 11 is 0. The van der Waals surface area contributed by atoms with Crippen molar-refractivity contribution >= 4 is 5.91 Å². The Morgan fingerprint density at radius 2 is 1.67 bits per heavy atom. The van der Waals surface area contributed by atoms with E-state index in [1.54, 1.807) is 4.90 Å². The molecular weight excluding hydrogens is 287 g/mol. The topological polar surface area (TPSA) is 38.8 Å². The molecule has 1 amide bonds. The van der Waals surface area contributed by atoms with Crippen molar-refractivity contribution < 1.29 is 27.4 Å². The lowest BCUT2D eigenvalue weighted by atomic mass is 10.1. The quantitative estimate of drug-likeness (QED) is 0.861. The highest BCUT2D eigenvalue weighted by Crippen LogP contribution is 2.26. The van der Waals surface area contributed by atoms with Gasteiger partial charge in [0.2, 0.25) is 5.91 Å². The number of piperidine rings is 1. The number of nitrogens with zero attached hydrogens (tertiary/aromatic N) is 1. The molecule has 1 aromatic rings. The van der Waals surface area contributed by atoms with Crippen LogP contribution in [0.2, 0.25) is 0 Å². The van der Waals surface area contributed by atoms with Crippen molar-refractivity contribution in [2.75, 3.05) is 13.1 Å². The van der Waals surface area contributed by atoms with E-state index in [0.29, 0.717) is 31.7 Å². The van der Waals surface area contributed by atoms with E-state index in [2.05, 4.69) is 4.74 Å². The summed E-state index contributed by atoms with van der Waals surface area (Å²) in [5.74, 6) is 0.258. The van der Waals surface area contributed by atoms with Gasteiger partial charge in [-0.15, -0.1) is 13.2 Å². The van der Waals surface area contributed by atoms with E-state index in [9.17, 15) is 18.0 Å². The highest BCUT2D eigenvalue weighted by Gasteiger charge is 2.31. The van der Waals surface area contributed by atoms with Crippen LogP contribution >= 0.6 is 0 Å². The van der Waals surface area contributed by atoms with Gasteiger partial charge in [0.25, 0.3) is 0 Å². The van der Waals surface area contributed by atoms with Crippen molar-refractivity contribution in [1.29, 1.82) is 0 Å². The van der Waals surface area contributed by atoms with E-state index in [0.717, 1.165) is 0 Å². The molecule has 0 aliphatic carbocycles. The first-order valence-electron chi connectivity index (χ1n) is 6.61. The monoisotopic (exact) mass is 303 g/mol. The predicted molar refractivity (Wildman–Crippen MR) is 69.0 cm³/mol. The molecule has 1 aliphatic rings. The van der Waals surface area contributed by atoms with Crippen molar-refractivity contribution in [3.8, 4) is 11.5 Å². The number of hydrogen-bond donors (Lipinski definition) is 0. The van der Waals surface area contributed by atoms with Crippen LogP contribution in [0, 0.1) is 0 Å². The maximum Gasteiger partial charge on any atom is 0.573 e. The summed E-state index contributed by atoms with van der Waals surface area (Å²) in [6, 6.07) is 5.32. The predicted octanol–water partition coefficient (Wildman–Crippen LogP) is 2.97. The van der Waals surface area contributed by atoms with Gasteiger partial charge in [0.05, 0.1) is 0 Å². The number of alkyl halides is 3. The molecule has 21 heavy (non-hydrogen) atoms. The average Bonchev–Trinajstić information content (AvgIpc) is 2.40. The highest BCUT2D eigenvalue weighted by atomic mass is 19.4. The molecule has 1 fully saturated rings. The van der Waals surface area contributed by atoms with Gasteiger partial charge in [-0.1, -0.05) is 0 Å². The molecule has 1 heterocycles. The molecule has 1 aliphatic heterocycles. The lowest BCUT2D eigenvalue weighted by molar-refractivity contribution is -0.274. The Hall–Kier alpha value is -1.92. The van der Waals surface area contributed by atoms with E-state index < -0.39 is 6.36 Å². The van der Waals surface area contributed by atoms with Gasteiger partial charge in [0.1, 0.15) is 17.6 Å². The van der Waals surface area contributed by atoms with Gasteiger partial charge in [-0.3, -0.25) is 4.79 Å². The molecule has 1 aromatic carbocycles. The third kappa shape index (κ3) is 4.84. The summed E-state index contributed by atoms with van der Waals surface area (Å²) in [6.07, 6.45) is -3.31. The van der Waals surface area contributed by atoms with Gasteiger partial charge < -0.3 is 14.4 Å². The van der Waals surface area contributed by atoms with E-state index >= 15 is 0 Å². The lowest BCUT2D eigenvalue weighted by Gasteiger charge is -2.31. The fourth-order valence-corrected chi connectivity index (χ4v) is 2.20. The second-order valence-corrected chi connectivity index (χ2v) is 4.84. The molecule has 0 bridgehead atoms. The number of benzene rings is 1. The molecule has 1 saturated heterocycles. The van der Waals surface area contributed by atoms with Gasteiger partial charge in [0.15, 0.2) is 0 Å². The second kappa shape index (κ2) is 6.24. The lowest BCUT2D eigenvalue weighted by Crippen LogP contribution is -2.40. The number of hydrogen-bond acceptors (Lipinski definition) is 3. The van der Waals surface area contributed by atoms with E-state index in [1.807, 2.05) is 0 Å². The first kappa shape index (κ1) is 15.5. The van der Waals surface area contributed by atoms with Crippen LogP contribution in [0.4, 0.5) is 13.2 Å². The average molecular weight is 303 g/mol. The van der Waals surface area contributed by atoms with Crippen LogP contribution in [0.3, 0.4) is 0 Å². The number of ether oxygens (including phenoxy) is 2. The van der Waals surface area contributed by atoms with Crippen LogP contribution in [-0.2, 0) is 4.79 Å². The SMILES string of the molecule is CC(=O)N1CCC(Oc2ccc(OC(F)(F)F)cc2)CC1. The minimum atomic E-state index is -4.69. The van der Waals surface area contributed by atoms with Crippen LogP contribution in [0.25, 0.3) is 0 Å². The third-order valence-corrected chi connectivity index (χ3v) is 3.25. The first-order chi connectivity index (χ1) is 9.83. The standard InChI is InChI=1S/C14H16F3NO3/c1-10(19)18-8-6-12(7-9-18)20-11-2-4-13(5-3-11)21-14(15,16)17/h2-5,12H,6-9H2,1H3. The van der Waals surface area contributed by atoms with Crippen molar-refractivity contribution in [2.45, 2.75) is 32.2 Å². The molecule has 0 spiro atoms. The number of carbonyl (C=O) groups excluding carboxylic acids is 1. The Labute approximate surface area is 120 Å². The van der Waals surface area contributed by atoms with E-state index in [-0.39, 0.29) is 17.8 Å². The highest BCUT2D eigenvalue weighted by molar-refractivity contribution is 5.73. The normalized spacial score (nSPS) is 16.7. The molecule has 116 valence electrons. The summed E-state index contributed by atoms with van der Waals surface area (Å²) in [6.45, 7) is 2.80. The Balaban J connectivity index is 1.85. The molecule has 7 heteroatoms. The van der Waals surface area contributed by atoms with Gasteiger partial charge in [0, 0.05) is 32.9 Å². The Bertz CT molecular complexity index is 479. The van der Waals surface area contributed by atoms with E-state index in [1.165, 1.54) is 31.2 Å². The number of carbonyl (C=O) groups is 1. The number of rotatable bonds is 3. The summed E-state index contributed by atoms with van der Waals surface area (Å²) < 4.78 is 45.6. The zero-order valence-corrected chi connectivity index (χ0v) is 11.5. The molecule has 0 saturated carbocycles. The smallest absolute Gasteiger partial charge is 0.490 e. The van der Waals surface area contributed by atoms with E-state index in [4.69, 9.17) is 4.74 Å². The second-order valence-electron chi connectivity index (χ2n) is 4.84. The summed E-state index contributed by atoms with van der Waals surface area (Å²) in [5, 5.41) is 0. The largest absolute Gasteiger partial charge is 0.573 e. The van der Waals surface area contributed by atoms with Crippen LogP contribution < -0.4 is 9.47 Å². The molecule has 4 nitrogen and oxygen atoms in total. The summed E-state index contributed by atoms with van der Waals surface area (Å²) in [7, 11) is 0. The molecule has 0 atom stereocenters. The van der Waals surface area contributed by atoms with Gasteiger partial charge in [-0.25, -0.2) is 0 Å². The maximum atomic E-state index is 12.0. The summed E-state index contributed by atoms with van der Waals surface area (Å²) in [4.78, 5) is 12.9. The third-order valence-electron chi connectivity index (χ3n) is 3.25. The van der Waals surface area contributed by atoms with Gasteiger partial charge >= 0.3 is 6.36 Å². The number of halogens is 3. The fourth-order valence-electron chi connectivity index (χ4n) is 2.20. The van der Waals surface area contributed by atoms with Crippen molar-refractivity contribution in [3.63, 3.8) is 0 Å². The number of likely N-dealkylation sites (tertiary alicyclic amines) is 1. The van der Waals surface area contributed by atoms with Crippen LogP contribution in [0.5, 0.6) is 11.5 Å². The Morgan fingerprint density at radius 1 is 1.14 bits per heavy atom. The zero-order chi connectivity index (χ0) is 15.5. The molecule has 0 N–H and O–H groups in total. The zero-order valence-electron chi connectivity index (χ0n) is 11.5. The summed E-state index contributed by atoms with van der Waals surface area (Å²) in [5.41, 5.74) is 0. The molecule has 0 aromatic heterocycles. The van der Waals surface area contributed by atoms with Gasteiger partial charge in [-0.05, 0) is 24.3 Å². The minimum Gasteiger partial charge on any atom is -0.490 e. The van der Waals surface area contributed by atoms with Crippen LogP contribution in [0.15, 0.2) is 24.3 Å². The van der Waals surface area contributed by atoms with Crippen molar-refractivity contribution in [3.05, 3.63) is 24.3 Å². The fraction of sp³-hybridized carbons (Fsp3) is 0.500. The number of amides is 1. The molecule has 0 unspecified atom stereocenters. The molecule has 2 rings (SSSR count). The van der Waals surface area contributed by atoms with Crippen molar-refractivity contribution in [1.82, 2.24) is 4.90 Å². The maximum absolute atomic E-state index is 12.0. The van der Waals surface area contributed by atoms with Crippen molar-refractivity contribution in [2.24, 2.45) is 0 Å². The first-order valence-corrected chi connectivity index (χ1v) is 6.61. The minimum absolute atomic E-state index is 0.0324. The molecule has 0 radical (unpaired) electrons. The van der Waals surface area contributed by atoms with Crippen LogP contribution in [-0.4, -0.2) is 36.4 Å². The van der Waals surface area contributed by atoms with Gasteiger partial charge in [-0.2, -0.15) is 0 Å². The Morgan fingerprint density at radius 3 is 2.14 bits per heavy atom. The Kier molecular flexibility index (Phi) is 4.59. The molecular formula is C14H16F3NO3. The van der Waals surface area contributed by atoms with Crippen LogP contribution in [0.1, 0.15) is 19.8 Å².